The molecule has 116 valence electrons. The summed E-state index contributed by atoms with van der Waals surface area (Å²) in [5.74, 6) is -3.68. The molecule has 1 N–H and O–H groups in total. The lowest BCUT2D eigenvalue weighted by Gasteiger charge is -2.02. The summed E-state index contributed by atoms with van der Waals surface area (Å²) < 4.78 is 51.2. The Hall–Kier alpha value is -1.73. The van der Waals surface area contributed by atoms with Crippen LogP contribution in [0.3, 0.4) is 0 Å². The van der Waals surface area contributed by atoms with Crippen LogP contribution in [0.5, 0.6) is 5.75 Å². The van der Waals surface area contributed by atoms with E-state index in [0.717, 1.165) is 28.1 Å². The molecule has 7 heteroatoms. The number of sulfone groups is 1. The summed E-state index contributed by atoms with van der Waals surface area (Å²) in [5, 5.41) is 9.98. The van der Waals surface area contributed by atoms with Crippen molar-refractivity contribution in [1.29, 1.82) is 0 Å². The van der Waals surface area contributed by atoms with Gasteiger partial charge in [0.25, 0.3) is 0 Å². The van der Waals surface area contributed by atoms with Gasteiger partial charge >= 0.3 is 0 Å². The van der Waals surface area contributed by atoms with Gasteiger partial charge in [0.15, 0.2) is 27.2 Å². The van der Waals surface area contributed by atoms with Crippen LogP contribution in [0.2, 0.25) is 0 Å². The van der Waals surface area contributed by atoms with Crippen LogP contribution in [0.1, 0.15) is 11.1 Å². The Kier molecular flexibility index (Phi) is 4.97. The zero-order valence-corrected chi connectivity index (χ0v) is 13.5. The van der Waals surface area contributed by atoms with E-state index in [1.807, 2.05) is 0 Å². The van der Waals surface area contributed by atoms with Crippen LogP contribution >= 0.6 is 15.9 Å². The first-order chi connectivity index (χ1) is 10.3. The quantitative estimate of drug-likeness (QED) is 0.860. The Morgan fingerprint density at radius 1 is 1.09 bits per heavy atom. The van der Waals surface area contributed by atoms with Gasteiger partial charge in [-0.05, 0) is 35.9 Å². The third-order valence-corrected chi connectivity index (χ3v) is 4.65. The van der Waals surface area contributed by atoms with Crippen molar-refractivity contribution in [2.45, 2.75) is 5.75 Å². The summed E-state index contributed by atoms with van der Waals surface area (Å²) in [4.78, 5) is 0. The van der Waals surface area contributed by atoms with Crippen molar-refractivity contribution in [3.63, 3.8) is 0 Å². The lowest BCUT2D eigenvalue weighted by molar-refractivity contribution is 0.395. The highest BCUT2D eigenvalue weighted by molar-refractivity contribution is 9.10. The molecule has 0 heterocycles. The summed E-state index contributed by atoms with van der Waals surface area (Å²) in [6, 6.07) is 8.65. The van der Waals surface area contributed by atoms with Gasteiger partial charge in [0.2, 0.25) is 0 Å². The normalized spacial score (nSPS) is 12.0. The molecule has 3 nitrogen and oxygen atoms in total. The molecule has 22 heavy (non-hydrogen) atoms. The first kappa shape index (κ1) is 16.6. The van der Waals surface area contributed by atoms with Crippen LogP contribution in [-0.4, -0.2) is 13.5 Å². The molecule has 0 fully saturated rings. The second-order valence-electron chi connectivity index (χ2n) is 4.54. The van der Waals surface area contributed by atoms with Gasteiger partial charge in [-0.25, -0.2) is 17.2 Å². The molecule has 0 bridgehead atoms. The lowest BCUT2D eigenvalue weighted by atomic mass is 10.2. The number of aromatic hydroxyl groups is 1. The molecule has 2 aromatic carbocycles. The smallest absolute Gasteiger partial charge is 0.188 e. The zero-order valence-electron chi connectivity index (χ0n) is 11.1. The molecule has 0 aliphatic rings. The van der Waals surface area contributed by atoms with Crippen molar-refractivity contribution < 1.29 is 22.3 Å². The van der Waals surface area contributed by atoms with E-state index in [1.54, 1.807) is 24.3 Å². The summed E-state index contributed by atoms with van der Waals surface area (Å²) in [5.41, 5.74) is 0.369. The number of hydrogen-bond acceptors (Lipinski definition) is 3. The maximum atomic E-state index is 13.6. The molecule has 0 amide bonds. The third kappa shape index (κ3) is 4.14. The average Bonchev–Trinajstić information content (AvgIpc) is 2.46. The highest BCUT2D eigenvalue weighted by Crippen LogP contribution is 2.24. The molecule has 0 aromatic heterocycles. The molecule has 0 aliphatic carbocycles. The summed E-state index contributed by atoms with van der Waals surface area (Å²) in [7, 11) is -3.62. The van der Waals surface area contributed by atoms with Crippen molar-refractivity contribution in [2.75, 3.05) is 0 Å². The monoisotopic (exact) mass is 388 g/mol. The fraction of sp³-hybridized carbons (Fsp3) is 0.0667. The van der Waals surface area contributed by atoms with Crippen molar-refractivity contribution in [3.05, 3.63) is 69.0 Å². The van der Waals surface area contributed by atoms with Crippen LogP contribution in [0.4, 0.5) is 8.78 Å². The fourth-order valence-corrected chi connectivity index (χ4v) is 3.09. The Labute approximate surface area is 135 Å². The van der Waals surface area contributed by atoms with Gasteiger partial charge in [-0.15, -0.1) is 0 Å². The van der Waals surface area contributed by atoms with E-state index in [9.17, 15) is 17.2 Å². The standard InChI is InChI=1S/C15H11BrF2O3S/c16-12-4-1-10(2-5-12)9-22(20,21)8-7-11-3-6-13(17)15(19)14(11)18/h1-8,19H,9H2/b8-7+. The van der Waals surface area contributed by atoms with Crippen LogP contribution in [0.15, 0.2) is 46.3 Å². The second-order valence-corrected chi connectivity index (χ2v) is 7.34. The fourth-order valence-electron chi connectivity index (χ4n) is 1.72. The maximum Gasteiger partial charge on any atom is 0.188 e. The van der Waals surface area contributed by atoms with Crippen LogP contribution in [-0.2, 0) is 15.6 Å². The Morgan fingerprint density at radius 3 is 2.36 bits per heavy atom. The number of rotatable bonds is 4. The van der Waals surface area contributed by atoms with Crippen LogP contribution in [0.25, 0.3) is 6.08 Å². The lowest BCUT2D eigenvalue weighted by Crippen LogP contribution is -2.00. The number of halogens is 3. The van der Waals surface area contributed by atoms with E-state index >= 15 is 0 Å². The van der Waals surface area contributed by atoms with Crippen molar-refractivity contribution >= 4 is 31.8 Å². The van der Waals surface area contributed by atoms with E-state index in [-0.39, 0.29) is 11.3 Å². The van der Waals surface area contributed by atoms with Gasteiger partial charge in [-0.2, -0.15) is 0 Å². The number of phenolic OH excluding ortho intramolecular Hbond substituents is 1. The molecule has 0 unspecified atom stereocenters. The summed E-state index contributed by atoms with van der Waals surface area (Å²) >= 11 is 3.25. The molecule has 2 aromatic rings. The predicted octanol–water partition coefficient (Wildman–Crippen LogP) is 4.02. The minimum absolute atomic E-state index is 0.210. The van der Waals surface area contributed by atoms with Gasteiger partial charge in [0, 0.05) is 15.4 Å². The highest BCUT2D eigenvalue weighted by atomic mass is 79.9. The highest BCUT2D eigenvalue weighted by Gasteiger charge is 2.12. The minimum Gasteiger partial charge on any atom is -0.503 e. The van der Waals surface area contributed by atoms with Gasteiger partial charge in [0.05, 0.1) is 5.75 Å². The van der Waals surface area contributed by atoms with E-state index in [0.29, 0.717) is 5.56 Å². The first-order valence-electron chi connectivity index (χ1n) is 6.11. The molecule has 2 rings (SSSR count). The minimum atomic E-state index is -3.62. The van der Waals surface area contributed by atoms with Gasteiger partial charge in [-0.3, -0.25) is 0 Å². The maximum absolute atomic E-state index is 13.6. The van der Waals surface area contributed by atoms with Crippen molar-refractivity contribution in [1.82, 2.24) is 0 Å². The number of benzene rings is 2. The van der Waals surface area contributed by atoms with Crippen LogP contribution < -0.4 is 0 Å². The van der Waals surface area contributed by atoms with Gasteiger partial charge in [-0.1, -0.05) is 28.1 Å². The SMILES string of the molecule is O=S(=O)(/C=C/c1ccc(F)c(O)c1F)Cc1ccc(Br)cc1. The van der Waals surface area contributed by atoms with E-state index in [4.69, 9.17) is 5.11 Å². The molecule has 0 spiro atoms. The van der Waals surface area contributed by atoms with E-state index in [1.165, 1.54) is 0 Å². The number of hydrogen-bond donors (Lipinski definition) is 1. The molecule has 0 saturated heterocycles. The molecular formula is C15H11BrF2O3S. The molecule has 0 atom stereocenters. The van der Waals surface area contributed by atoms with E-state index in [2.05, 4.69) is 15.9 Å². The van der Waals surface area contributed by atoms with Gasteiger partial charge < -0.3 is 5.11 Å². The van der Waals surface area contributed by atoms with Crippen molar-refractivity contribution in [3.8, 4) is 5.75 Å². The largest absolute Gasteiger partial charge is 0.503 e. The van der Waals surface area contributed by atoms with Crippen LogP contribution in [0, 0.1) is 11.6 Å². The summed E-state index contributed by atoms with van der Waals surface area (Å²) in [6.07, 6.45) is 0.989. The first-order valence-corrected chi connectivity index (χ1v) is 8.61. The zero-order chi connectivity index (χ0) is 16.3. The Morgan fingerprint density at radius 2 is 1.73 bits per heavy atom. The molecule has 0 saturated carbocycles. The predicted molar refractivity (Wildman–Crippen MR) is 83.8 cm³/mol. The Balaban J connectivity index is 2.21. The van der Waals surface area contributed by atoms with Crippen molar-refractivity contribution in [2.24, 2.45) is 0 Å². The van der Waals surface area contributed by atoms with Gasteiger partial charge in [0.1, 0.15) is 0 Å². The topological polar surface area (TPSA) is 54.4 Å². The molecule has 0 radical (unpaired) electrons. The second kappa shape index (κ2) is 6.58. The average molecular weight is 389 g/mol. The van der Waals surface area contributed by atoms with E-state index < -0.39 is 27.2 Å². The third-order valence-electron chi connectivity index (χ3n) is 2.83. The summed E-state index contributed by atoms with van der Waals surface area (Å²) in [6.45, 7) is 0. The molecular weight excluding hydrogens is 378 g/mol. The number of phenols is 1. The molecule has 0 aliphatic heterocycles. The Bertz CT molecular complexity index is 815.